The van der Waals surface area contributed by atoms with E-state index in [0.717, 1.165) is 23.5 Å². The number of aromatic nitrogens is 1. The molecule has 1 aromatic carbocycles. The summed E-state index contributed by atoms with van der Waals surface area (Å²) in [6.45, 7) is 2.79. The first kappa shape index (κ1) is 10.6. The van der Waals surface area contributed by atoms with Crippen molar-refractivity contribution in [3.8, 4) is 11.4 Å². The van der Waals surface area contributed by atoms with Crippen LogP contribution in [0.3, 0.4) is 0 Å². The molecule has 16 heavy (non-hydrogen) atoms. The standard InChI is InChI=1S/C13H16N2O/c1-2-9-16-13-10-11(14)5-6-12(13)15-7-3-4-8-15/h3-8,10H,2,9,14H2,1H3. The number of ether oxygens (including phenoxy) is 1. The van der Waals surface area contributed by atoms with Crippen molar-refractivity contribution in [3.05, 3.63) is 42.7 Å². The molecule has 1 heterocycles. The van der Waals surface area contributed by atoms with Crippen LogP contribution in [0.15, 0.2) is 42.7 Å². The van der Waals surface area contributed by atoms with Gasteiger partial charge < -0.3 is 15.0 Å². The van der Waals surface area contributed by atoms with Gasteiger partial charge in [-0.3, -0.25) is 0 Å². The lowest BCUT2D eigenvalue weighted by atomic mass is 10.2. The van der Waals surface area contributed by atoms with E-state index in [0.29, 0.717) is 6.61 Å². The van der Waals surface area contributed by atoms with Gasteiger partial charge in [0.2, 0.25) is 0 Å². The van der Waals surface area contributed by atoms with Crippen molar-refractivity contribution in [2.45, 2.75) is 13.3 Å². The Morgan fingerprint density at radius 2 is 2.00 bits per heavy atom. The van der Waals surface area contributed by atoms with Gasteiger partial charge in [-0.25, -0.2) is 0 Å². The summed E-state index contributed by atoms with van der Waals surface area (Å²) < 4.78 is 7.71. The molecule has 0 saturated carbocycles. The van der Waals surface area contributed by atoms with Crippen LogP contribution >= 0.6 is 0 Å². The molecule has 3 heteroatoms. The number of rotatable bonds is 4. The number of nitrogens with zero attached hydrogens (tertiary/aromatic N) is 1. The van der Waals surface area contributed by atoms with Crippen molar-refractivity contribution in [1.29, 1.82) is 0 Å². The van der Waals surface area contributed by atoms with Crippen molar-refractivity contribution in [2.75, 3.05) is 12.3 Å². The lowest BCUT2D eigenvalue weighted by molar-refractivity contribution is 0.316. The van der Waals surface area contributed by atoms with Crippen molar-refractivity contribution >= 4 is 5.69 Å². The summed E-state index contributed by atoms with van der Waals surface area (Å²) in [7, 11) is 0. The Morgan fingerprint density at radius 3 is 2.69 bits per heavy atom. The first-order chi connectivity index (χ1) is 7.81. The highest BCUT2D eigenvalue weighted by molar-refractivity contribution is 5.56. The zero-order valence-electron chi connectivity index (χ0n) is 9.39. The fourth-order valence-electron chi connectivity index (χ4n) is 1.57. The van der Waals surface area contributed by atoms with Crippen molar-refractivity contribution in [3.63, 3.8) is 0 Å². The molecule has 3 nitrogen and oxygen atoms in total. The van der Waals surface area contributed by atoms with E-state index in [-0.39, 0.29) is 0 Å². The first-order valence-electron chi connectivity index (χ1n) is 5.47. The minimum absolute atomic E-state index is 0.706. The summed E-state index contributed by atoms with van der Waals surface area (Å²) in [6, 6.07) is 9.69. The fraction of sp³-hybridized carbons (Fsp3) is 0.231. The summed E-state index contributed by atoms with van der Waals surface area (Å²) in [4.78, 5) is 0. The molecule has 0 unspecified atom stereocenters. The molecule has 0 aliphatic rings. The quantitative estimate of drug-likeness (QED) is 0.798. The highest BCUT2D eigenvalue weighted by atomic mass is 16.5. The lowest BCUT2D eigenvalue weighted by Crippen LogP contribution is -2.01. The first-order valence-corrected chi connectivity index (χ1v) is 5.47. The second-order valence-corrected chi connectivity index (χ2v) is 3.67. The van der Waals surface area contributed by atoms with Gasteiger partial charge in [0.15, 0.2) is 0 Å². The molecule has 1 aromatic heterocycles. The number of hydrogen-bond donors (Lipinski definition) is 1. The molecule has 0 atom stereocenters. The van der Waals surface area contributed by atoms with Gasteiger partial charge in [0.05, 0.1) is 12.3 Å². The molecule has 0 amide bonds. The van der Waals surface area contributed by atoms with Gasteiger partial charge >= 0.3 is 0 Å². The lowest BCUT2D eigenvalue weighted by Gasteiger charge is -2.12. The second kappa shape index (κ2) is 4.75. The van der Waals surface area contributed by atoms with Crippen LogP contribution in [-0.4, -0.2) is 11.2 Å². The highest BCUT2D eigenvalue weighted by Crippen LogP contribution is 2.25. The normalized spacial score (nSPS) is 10.3. The van der Waals surface area contributed by atoms with Gasteiger partial charge in [-0.1, -0.05) is 6.92 Å². The zero-order valence-corrected chi connectivity index (χ0v) is 9.39. The molecular formula is C13H16N2O. The Labute approximate surface area is 95.5 Å². The Bertz CT molecular complexity index is 449. The molecule has 2 rings (SSSR count). The highest BCUT2D eigenvalue weighted by Gasteiger charge is 2.05. The number of nitrogen functional groups attached to an aromatic ring is 1. The number of benzene rings is 1. The third kappa shape index (κ3) is 2.19. The van der Waals surface area contributed by atoms with Crippen LogP contribution in [-0.2, 0) is 0 Å². The predicted molar refractivity (Wildman–Crippen MR) is 66.0 cm³/mol. The van der Waals surface area contributed by atoms with E-state index in [2.05, 4.69) is 6.92 Å². The SMILES string of the molecule is CCCOc1cc(N)ccc1-n1cccc1. The molecule has 0 radical (unpaired) electrons. The van der Waals surface area contributed by atoms with Gasteiger partial charge in [0, 0.05) is 24.1 Å². The van der Waals surface area contributed by atoms with Gasteiger partial charge in [0.25, 0.3) is 0 Å². The molecule has 0 fully saturated rings. The van der Waals surface area contributed by atoms with E-state index in [1.165, 1.54) is 0 Å². The maximum absolute atomic E-state index is 5.76. The van der Waals surface area contributed by atoms with E-state index in [1.54, 1.807) is 0 Å². The predicted octanol–water partition coefficient (Wildman–Crippen LogP) is 2.85. The van der Waals surface area contributed by atoms with E-state index < -0.39 is 0 Å². The summed E-state index contributed by atoms with van der Waals surface area (Å²) in [5.41, 5.74) is 7.51. The number of nitrogens with two attached hydrogens (primary N) is 1. The van der Waals surface area contributed by atoms with Crippen LogP contribution in [0.2, 0.25) is 0 Å². The smallest absolute Gasteiger partial charge is 0.145 e. The largest absolute Gasteiger partial charge is 0.491 e. The molecular weight excluding hydrogens is 200 g/mol. The minimum Gasteiger partial charge on any atom is -0.491 e. The van der Waals surface area contributed by atoms with Gasteiger partial charge in [-0.05, 0) is 30.7 Å². The zero-order chi connectivity index (χ0) is 11.4. The summed E-state index contributed by atoms with van der Waals surface area (Å²) in [6.07, 6.45) is 4.97. The molecule has 0 saturated heterocycles. The summed E-state index contributed by atoms with van der Waals surface area (Å²) >= 11 is 0. The third-order valence-corrected chi connectivity index (χ3v) is 2.33. The van der Waals surface area contributed by atoms with E-state index in [1.807, 2.05) is 47.3 Å². The van der Waals surface area contributed by atoms with Crippen LogP contribution in [0, 0.1) is 0 Å². The monoisotopic (exact) mass is 216 g/mol. The van der Waals surface area contributed by atoms with Crippen LogP contribution < -0.4 is 10.5 Å². The van der Waals surface area contributed by atoms with Crippen molar-refractivity contribution in [2.24, 2.45) is 0 Å². The van der Waals surface area contributed by atoms with Gasteiger partial charge in [-0.15, -0.1) is 0 Å². The fourth-order valence-corrected chi connectivity index (χ4v) is 1.57. The average Bonchev–Trinajstić information content (AvgIpc) is 2.80. The second-order valence-electron chi connectivity index (χ2n) is 3.67. The average molecular weight is 216 g/mol. The topological polar surface area (TPSA) is 40.2 Å². The van der Waals surface area contributed by atoms with Gasteiger partial charge in [-0.2, -0.15) is 0 Å². The Hall–Kier alpha value is -1.90. The van der Waals surface area contributed by atoms with Crippen molar-refractivity contribution < 1.29 is 4.74 Å². The maximum Gasteiger partial charge on any atom is 0.145 e. The van der Waals surface area contributed by atoms with Gasteiger partial charge in [0.1, 0.15) is 5.75 Å². The number of hydrogen-bond acceptors (Lipinski definition) is 2. The molecule has 2 N–H and O–H groups in total. The Balaban J connectivity index is 2.36. The minimum atomic E-state index is 0.706. The van der Waals surface area contributed by atoms with Crippen LogP contribution in [0.1, 0.15) is 13.3 Å². The summed E-state index contributed by atoms with van der Waals surface area (Å²) in [5.74, 6) is 0.832. The van der Waals surface area contributed by atoms with Crippen molar-refractivity contribution in [1.82, 2.24) is 4.57 Å². The molecule has 2 aromatic rings. The van der Waals surface area contributed by atoms with E-state index in [4.69, 9.17) is 10.5 Å². The molecule has 0 spiro atoms. The third-order valence-electron chi connectivity index (χ3n) is 2.33. The Morgan fingerprint density at radius 1 is 1.25 bits per heavy atom. The van der Waals surface area contributed by atoms with Crippen LogP contribution in [0.4, 0.5) is 5.69 Å². The molecule has 0 aliphatic carbocycles. The summed E-state index contributed by atoms with van der Waals surface area (Å²) in [5, 5.41) is 0. The Kier molecular flexibility index (Phi) is 3.15. The van der Waals surface area contributed by atoms with Crippen LogP contribution in [0.5, 0.6) is 5.75 Å². The molecule has 84 valence electrons. The molecule has 0 bridgehead atoms. The molecule has 0 aliphatic heterocycles. The maximum atomic E-state index is 5.76. The van der Waals surface area contributed by atoms with E-state index >= 15 is 0 Å². The number of anilines is 1. The van der Waals surface area contributed by atoms with Crippen LogP contribution in [0.25, 0.3) is 5.69 Å². The van der Waals surface area contributed by atoms with E-state index in [9.17, 15) is 0 Å².